The van der Waals surface area contributed by atoms with Crippen molar-refractivity contribution < 1.29 is 19.1 Å². The second-order valence-corrected chi connectivity index (χ2v) is 3.85. The summed E-state index contributed by atoms with van der Waals surface area (Å²) in [6.07, 6.45) is 0. The molecule has 1 aromatic heterocycles. The van der Waals surface area contributed by atoms with E-state index >= 15 is 0 Å². The fourth-order valence-electron chi connectivity index (χ4n) is 1.74. The van der Waals surface area contributed by atoms with Crippen LogP contribution in [0.1, 0.15) is 23.0 Å². The molecule has 4 heteroatoms. The molecule has 0 atom stereocenters. The first kappa shape index (κ1) is 12.2. The van der Waals surface area contributed by atoms with Gasteiger partial charge in [-0.1, -0.05) is 12.1 Å². The second-order valence-electron chi connectivity index (χ2n) is 3.85. The van der Waals surface area contributed by atoms with Crippen LogP contribution >= 0.6 is 0 Å². The van der Waals surface area contributed by atoms with Crippen molar-refractivity contribution in [2.45, 2.75) is 13.8 Å². The van der Waals surface area contributed by atoms with E-state index in [2.05, 4.69) is 0 Å². The molecule has 1 aromatic carbocycles. The van der Waals surface area contributed by atoms with Gasteiger partial charge in [0.25, 0.3) is 0 Å². The molecule has 0 fully saturated rings. The van der Waals surface area contributed by atoms with E-state index in [1.807, 2.05) is 31.2 Å². The van der Waals surface area contributed by atoms with E-state index in [4.69, 9.17) is 14.3 Å². The molecule has 0 saturated heterocycles. The summed E-state index contributed by atoms with van der Waals surface area (Å²) in [5, 5.41) is 8.98. The standard InChI is InChI=1S/C14H14O4/c1-3-17-11-6-4-5-10(7-11)13-8-12(14(15)16)9(2)18-13/h4-8H,3H2,1-2H3,(H,15,16). The number of carboxylic acids is 1. The average Bonchev–Trinajstić information content (AvgIpc) is 2.72. The van der Waals surface area contributed by atoms with E-state index in [0.717, 1.165) is 11.3 Å². The molecule has 0 aliphatic rings. The van der Waals surface area contributed by atoms with Crippen LogP contribution in [0.5, 0.6) is 5.75 Å². The maximum absolute atomic E-state index is 11.0. The fourth-order valence-corrected chi connectivity index (χ4v) is 1.74. The second kappa shape index (κ2) is 4.96. The minimum atomic E-state index is -0.983. The number of rotatable bonds is 4. The molecule has 0 aliphatic heterocycles. The van der Waals surface area contributed by atoms with Gasteiger partial charge < -0.3 is 14.3 Å². The van der Waals surface area contributed by atoms with Gasteiger partial charge in [0.2, 0.25) is 0 Å². The number of carboxylic acid groups (broad SMARTS) is 1. The van der Waals surface area contributed by atoms with Gasteiger partial charge in [0.1, 0.15) is 22.8 Å². The minimum absolute atomic E-state index is 0.187. The van der Waals surface area contributed by atoms with Gasteiger partial charge in [-0.25, -0.2) is 4.79 Å². The number of furan rings is 1. The Morgan fingerprint density at radius 3 is 2.78 bits per heavy atom. The molecule has 0 aliphatic carbocycles. The molecule has 2 rings (SSSR count). The van der Waals surface area contributed by atoms with Crippen LogP contribution in [0.25, 0.3) is 11.3 Å². The molecule has 0 radical (unpaired) electrons. The zero-order valence-electron chi connectivity index (χ0n) is 10.3. The summed E-state index contributed by atoms with van der Waals surface area (Å²) < 4.78 is 10.9. The lowest BCUT2D eigenvalue weighted by Gasteiger charge is -2.03. The van der Waals surface area contributed by atoms with Gasteiger partial charge in [0.15, 0.2) is 0 Å². The monoisotopic (exact) mass is 246 g/mol. The Morgan fingerprint density at radius 1 is 1.39 bits per heavy atom. The molecule has 0 spiro atoms. The summed E-state index contributed by atoms with van der Waals surface area (Å²) in [5.74, 6) is 0.690. The smallest absolute Gasteiger partial charge is 0.339 e. The van der Waals surface area contributed by atoms with Gasteiger partial charge in [-0.2, -0.15) is 0 Å². The maximum Gasteiger partial charge on any atom is 0.339 e. The molecule has 0 unspecified atom stereocenters. The van der Waals surface area contributed by atoms with E-state index in [9.17, 15) is 4.79 Å². The number of aromatic carboxylic acids is 1. The highest BCUT2D eigenvalue weighted by atomic mass is 16.5. The third-order valence-corrected chi connectivity index (χ3v) is 2.58. The lowest BCUT2D eigenvalue weighted by Crippen LogP contribution is -1.94. The quantitative estimate of drug-likeness (QED) is 0.898. The van der Waals surface area contributed by atoms with E-state index in [-0.39, 0.29) is 5.56 Å². The fraction of sp³-hybridized carbons (Fsp3) is 0.214. The molecular weight excluding hydrogens is 232 g/mol. The molecule has 1 heterocycles. The first-order chi connectivity index (χ1) is 8.61. The van der Waals surface area contributed by atoms with Crippen molar-refractivity contribution in [1.82, 2.24) is 0 Å². The molecular formula is C14H14O4. The van der Waals surface area contributed by atoms with Gasteiger partial charge in [-0.15, -0.1) is 0 Å². The molecule has 94 valence electrons. The highest BCUT2D eigenvalue weighted by Gasteiger charge is 2.14. The summed E-state index contributed by atoms with van der Waals surface area (Å²) in [6.45, 7) is 4.13. The van der Waals surface area contributed by atoms with Crippen LogP contribution in [0.3, 0.4) is 0 Å². The zero-order chi connectivity index (χ0) is 13.1. The maximum atomic E-state index is 11.0. The topological polar surface area (TPSA) is 59.7 Å². The first-order valence-corrected chi connectivity index (χ1v) is 5.68. The van der Waals surface area contributed by atoms with Crippen LogP contribution in [0, 0.1) is 6.92 Å². The predicted molar refractivity (Wildman–Crippen MR) is 67.0 cm³/mol. The Balaban J connectivity index is 2.39. The Labute approximate surface area is 105 Å². The van der Waals surface area contributed by atoms with Crippen molar-refractivity contribution in [3.05, 3.63) is 41.7 Å². The zero-order valence-corrected chi connectivity index (χ0v) is 10.3. The van der Waals surface area contributed by atoms with Crippen LogP contribution in [0.2, 0.25) is 0 Å². The van der Waals surface area contributed by atoms with Crippen LogP contribution in [0.15, 0.2) is 34.7 Å². The third kappa shape index (κ3) is 2.37. The van der Waals surface area contributed by atoms with E-state index in [0.29, 0.717) is 18.1 Å². The minimum Gasteiger partial charge on any atom is -0.494 e. The predicted octanol–water partition coefficient (Wildman–Crippen LogP) is 3.35. The van der Waals surface area contributed by atoms with Gasteiger partial charge in [-0.3, -0.25) is 0 Å². The Bertz CT molecular complexity index is 569. The molecule has 0 bridgehead atoms. The number of benzene rings is 1. The van der Waals surface area contributed by atoms with Gasteiger partial charge in [0, 0.05) is 5.56 Å². The number of hydrogen-bond donors (Lipinski definition) is 1. The SMILES string of the molecule is CCOc1cccc(-c2cc(C(=O)O)c(C)o2)c1. The van der Waals surface area contributed by atoms with Gasteiger partial charge in [-0.05, 0) is 32.0 Å². The molecule has 0 saturated carbocycles. The van der Waals surface area contributed by atoms with E-state index < -0.39 is 5.97 Å². The molecule has 4 nitrogen and oxygen atoms in total. The lowest BCUT2D eigenvalue weighted by molar-refractivity contribution is 0.0695. The number of aryl methyl sites for hydroxylation is 1. The highest BCUT2D eigenvalue weighted by Crippen LogP contribution is 2.28. The normalized spacial score (nSPS) is 10.3. The third-order valence-electron chi connectivity index (χ3n) is 2.58. The van der Waals surface area contributed by atoms with Crippen molar-refractivity contribution in [3.63, 3.8) is 0 Å². The summed E-state index contributed by atoms with van der Waals surface area (Å²) >= 11 is 0. The van der Waals surface area contributed by atoms with Crippen LogP contribution in [0.4, 0.5) is 0 Å². The molecule has 1 N–H and O–H groups in total. The highest BCUT2D eigenvalue weighted by molar-refractivity contribution is 5.90. The Hall–Kier alpha value is -2.23. The Morgan fingerprint density at radius 2 is 2.17 bits per heavy atom. The molecule has 0 amide bonds. The summed E-state index contributed by atoms with van der Waals surface area (Å²) in [5.41, 5.74) is 0.989. The van der Waals surface area contributed by atoms with Gasteiger partial charge in [0.05, 0.1) is 6.61 Å². The number of ether oxygens (including phenoxy) is 1. The van der Waals surface area contributed by atoms with Crippen molar-refractivity contribution in [2.24, 2.45) is 0 Å². The van der Waals surface area contributed by atoms with Crippen molar-refractivity contribution >= 4 is 5.97 Å². The summed E-state index contributed by atoms with van der Waals surface area (Å²) in [6, 6.07) is 8.90. The number of carbonyl (C=O) groups is 1. The molecule has 18 heavy (non-hydrogen) atoms. The van der Waals surface area contributed by atoms with E-state index in [1.165, 1.54) is 6.07 Å². The van der Waals surface area contributed by atoms with Crippen LogP contribution in [-0.2, 0) is 0 Å². The van der Waals surface area contributed by atoms with Crippen molar-refractivity contribution in [2.75, 3.05) is 6.61 Å². The van der Waals surface area contributed by atoms with Gasteiger partial charge >= 0.3 is 5.97 Å². The largest absolute Gasteiger partial charge is 0.494 e. The average molecular weight is 246 g/mol. The molecule has 2 aromatic rings. The van der Waals surface area contributed by atoms with E-state index in [1.54, 1.807) is 6.92 Å². The summed E-state index contributed by atoms with van der Waals surface area (Å²) in [4.78, 5) is 11.0. The summed E-state index contributed by atoms with van der Waals surface area (Å²) in [7, 11) is 0. The number of hydrogen-bond acceptors (Lipinski definition) is 3. The Kier molecular flexibility index (Phi) is 3.37. The first-order valence-electron chi connectivity index (χ1n) is 5.68. The van der Waals surface area contributed by atoms with Crippen LogP contribution < -0.4 is 4.74 Å². The van der Waals surface area contributed by atoms with Crippen molar-refractivity contribution in [1.29, 1.82) is 0 Å². The van der Waals surface area contributed by atoms with Crippen molar-refractivity contribution in [3.8, 4) is 17.1 Å². The lowest BCUT2D eigenvalue weighted by atomic mass is 10.1. The van der Waals surface area contributed by atoms with Crippen LogP contribution in [-0.4, -0.2) is 17.7 Å².